The smallest absolute Gasteiger partial charge is 0.223 e. The molecule has 0 unspecified atom stereocenters. The molecule has 1 amide bonds. The second kappa shape index (κ2) is 6.01. The highest BCUT2D eigenvalue weighted by atomic mass is 16.3. The van der Waals surface area contributed by atoms with Crippen LogP contribution in [0.15, 0.2) is 24.3 Å². The van der Waals surface area contributed by atoms with Gasteiger partial charge in [0.15, 0.2) is 0 Å². The van der Waals surface area contributed by atoms with Gasteiger partial charge in [0.2, 0.25) is 5.91 Å². The van der Waals surface area contributed by atoms with Crippen LogP contribution in [0.1, 0.15) is 24.0 Å². The van der Waals surface area contributed by atoms with Crippen molar-refractivity contribution in [3.8, 4) is 0 Å². The van der Waals surface area contributed by atoms with Gasteiger partial charge in [-0.3, -0.25) is 9.69 Å². The summed E-state index contributed by atoms with van der Waals surface area (Å²) in [6, 6.07) is 8.28. The van der Waals surface area contributed by atoms with Gasteiger partial charge in [-0.15, -0.1) is 0 Å². The van der Waals surface area contributed by atoms with Gasteiger partial charge in [-0.1, -0.05) is 24.3 Å². The zero-order valence-electron chi connectivity index (χ0n) is 13.6. The Morgan fingerprint density at radius 3 is 2.73 bits per heavy atom. The van der Waals surface area contributed by atoms with E-state index in [1.807, 2.05) is 17.0 Å². The Balaban J connectivity index is 1.51. The Bertz CT molecular complexity index is 552. The topological polar surface area (TPSA) is 43.8 Å². The number of likely N-dealkylation sites (tertiary alicyclic amines) is 2. The largest absolute Gasteiger partial charge is 0.396 e. The molecule has 0 aromatic heterocycles. The molecule has 2 aliphatic rings. The molecule has 1 atom stereocenters. The van der Waals surface area contributed by atoms with Crippen molar-refractivity contribution in [2.45, 2.75) is 31.7 Å². The van der Waals surface area contributed by atoms with Crippen molar-refractivity contribution in [3.63, 3.8) is 0 Å². The highest BCUT2D eigenvalue weighted by Crippen LogP contribution is 2.39. The summed E-state index contributed by atoms with van der Waals surface area (Å²) in [5, 5.41) is 9.34. The first-order chi connectivity index (χ1) is 10.5. The highest BCUT2D eigenvalue weighted by molar-refractivity contribution is 5.78. The Morgan fingerprint density at radius 2 is 2.09 bits per heavy atom. The summed E-state index contributed by atoms with van der Waals surface area (Å²) in [7, 11) is 2.12. The van der Waals surface area contributed by atoms with Gasteiger partial charge in [-0.05, 0) is 43.9 Å². The van der Waals surface area contributed by atoms with Gasteiger partial charge in [-0.25, -0.2) is 0 Å². The first kappa shape index (κ1) is 15.5. The lowest BCUT2D eigenvalue weighted by Gasteiger charge is -2.52. The van der Waals surface area contributed by atoms with Crippen LogP contribution in [0.4, 0.5) is 0 Å². The van der Waals surface area contributed by atoms with Crippen molar-refractivity contribution in [1.82, 2.24) is 9.80 Å². The summed E-state index contributed by atoms with van der Waals surface area (Å²) in [5.41, 5.74) is 2.66. The maximum absolute atomic E-state index is 12.4. The molecule has 2 fully saturated rings. The summed E-state index contributed by atoms with van der Waals surface area (Å²) in [6.45, 7) is 4.95. The molecule has 0 saturated carbocycles. The first-order valence-electron chi connectivity index (χ1n) is 8.18. The van der Waals surface area contributed by atoms with Crippen LogP contribution in [-0.2, 0) is 11.2 Å². The van der Waals surface area contributed by atoms with Crippen molar-refractivity contribution >= 4 is 5.91 Å². The number of aryl methyl sites for hydroxylation is 2. The predicted octanol–water partition coefficient (Wildman–Crippen LogP) is 1.45. The Hall–Kier alpha value is -1.39. The van der Waals surface area contributed by atoms with Gasteiger partial charge in [0.05, 0.1) is 5.54 Å². The molecule has 3 rings (SSSR count). The third-order valence-electron chi connectivity index (χ3n) is 5.46. The van der Waals surface area contributed by atoms with Crippen LogP contribution >= 0.6 is 0 Å². The molecule has 2 heterocycles. The minimum Gasteiger partial charge on any atom is -0.396 e. The van der Waals surface area contributed by atoms with Crippen molar-refractivity contribution in [1.29, 1.82) is 0 Å². The lowest BCUT2D eigenvalue weighted by atomic mass is 9.84. The molecule has 120 valence electrons. The van der Waals surface area contributed by atoms with Gasteiger partial charge in [-0.2, -0.15) is 0 Å². The fourth-order valence-corrected chi connectivity index (χ4v) is 3.96. The van der Waals surface area contributed by atoms with E-state index in [0.717, 1.165) is 32.5 Å². The molecule has 0 bridgehead atoms. The van der Waals surface area contributed by atoms with E-state index >= 15 is 0 Å². The standard InChI is InChI=1S/C18H26N2O2/c1-14-5-3-4-6-16(14)7-8-17(22)20-12-18(13-20)9-15(11-21)10-19(18)2/h3-6,15,21H,7-13H2,1-2H3/t15-/m0/s1. The second-order valence-corrected chi connectivity index (χ2v) is 7.03. The van der Waals surface area contributed by atoms with Crippen LogP contribution in [0.3, 0.4) is 0 Å². The number of nitrogens with zero attached hydrogens (tertiary/aromatic N) is 2. The third kappa shape index (κ3) is 2.77. The molecular formula is C18H26N2O2. The molecule has 1 N–H and O–H groups in total. The molecule has 4 heteroatoms. The van der Waals surface area contributed by atoms with Gasteiger partial charge in [0, 0.05) is 32.7 Å². The Kier molecular flexibility index (Phi) is 4.24. The average molecular weight is 302 g/mol. The number of likely N-dealkylation sites (N-methyl/N-ethyl adjacent to an activating group) is 1. The van der Waals surface area contributed by atoms with Crippen LogP contribution in [0.25, 0.3) is 0 Å². The van der Waals surface area contributed by atoms with E-state index in [1.54, 1.807) is 0 Å². The van der Waals surface area contributed by atoms with Crippen LogP contribution in [-0.4, -0.2) is 59.6 Å². The number of rotatable bonds is 4. The molecule has 1 aromatic carbocycles. The van der Waals surface area contributed by atoms with E-state index in [4.69, 9.17) is 0 Å². The van der Waals surface area contributed by atoms with Crippen LogP contribution < -0.4 is 0 Å². The first-order valence-corrected chi connectivity index (χ1v) is 8.18. The monoisotopic (exact) mass is 302 g/mol. The summed E-state index contributed by atoms with van der Waals surface area (Å²) >= 11 is 0. The maximum atomic E-state index is 12.4. The fourth-order valence-electron chi connectivity index (χ4n) is 3.96. The van der Waals surface area contributed by atoms with Crippen LogP contribution in [0.2, 0.25) is 0 Å². The van der Waals surface area contributed by atoms with Crippen molar-refractivity contribution in [3.05, 3.63) is 35.4 Å². The molecule has 4 nitrogen and oxygen atoms in total. The molecule has 0 radical (unpaired) electrons. The normalized spacial score (nSPS) is 23.8. The van der Waals surface area contributed by atoms with E-state index < -0.39 is 0 Å². The van der Waals surface area contributed by atoms with Crippen molar-refractivity contribution in [2.24, 2.45) is 5.92 Å². The molecule has 2 saturated heterocycles. The minimum atomic E-state index is 0.131. The summed E-state index contributed by atoms with van der Waals surface area (Å²) in [5.74, 6) is 0.629. The summed E-state index contributed by atoms with van der Waals surface area (Å²) < 4.78 is 0. The molecule has 2 aliphatic heterocycles. The van der Waals surface area contributed by atoms with Gasteiger partial charge >= 0.3 is 0 Å². The van der Waals surface area contributed by atoms with Crippen LogP contribution in [0.5, 0.6) is 0 Å². The minimum absolute atomic E-state index is 0.131. The molecular weight excluding hydrogens is 276 g/mol. The van der Waals surface area contributed by atoms with Gasteiger partial charge < -0.3 is 10.0 Å². The van der Waals surface area contributed by atoms with Gasteiger partial charge in [0.1, 0.15) is 0 Å². The quantitative estimate of drug-likeness (QED) is 0.915. The zero-order valence-corrected chi connectivity index (χ0v) is 13.6. The zero-order chi connectivity index (χ0) is 15.7. The molecule has 1 aromatic rings. The van der Waals surface area contributed by atoms with E-state index in [0.29, 0.717) is 12.3 Å². The third-order valence-corrected chi connectivity index (χ3v) is 5.46. The van der Waals surface area contributed by atoms with Crippen molar-refractivity contribution in [2.75, 3.05) is 33.3 Å². The average Bonchev–Trinajstić information content (AvgIpc) is 2.81. The number of benzene rings is 1. The van der Waals surface area contributed by atoms with Crippen molar-refractivity contribution < 1.29 is 9.90 Å². The summed E-state index contributed by atoms with van der Waals surface area (Å²) in [6.07, 6.45) is 2.43. The molecule has 22 heavy (non-hydrogen) atoms. The van der Waals surface area contributed by atoms with E-state index in [2.05, 4.69) is 31.0 Å². The molecule has 0 aliphatic carbocycles. The van der Waals surface area contributed by atoms with Gasteiger partial charge in [0.25, 0.3) is 0 Å². The number of carbonyl (C=O) groups excluding carboxylic acids is 1. The number of hydrogen-bond acceptors (Lipinski definition) is 3. The second-order valence-electron chi connectivity index (χ2n) is 7.03. The van der Waals surface area contributed by atoms with E-state index in [1.165, 1.54) is 11.1 Å². The fraction of sp³-hybridized carbons (Fsp3) is 0.611. The number of carbonyl (C=O) groups is 1. The lowest BCUT2D eigenvalue weighted by molar-refractivity contribution is -0.143. The Morgan fingerprint density at radius 1 is 1.36 bits per heavy atom. The maximum Gasteiger partial charge on any atom is 0.223 e. The Labute approximate surface area is 132 Å². The number of hydrogen-bond donors (Lipinski definition) is 1. The van der Waals surface area contributed by atoms with E-state index in [9.17, 15) is 9.90 Å². The summed E-state index contributed by atoms with van der Waals surface area (Å²) in [4.78, 5) is 16.7. The molecule has 1 spiro atoms. The highest BCUT2D eigenvalue weighted by Gasteiger charge is 2.52. The number of amides is 1. The number of aliphatic hydroxyl groups excluding tert-OH is 1. The van der Waals surface area contributed by atoms with E-state index in [-0.39, 0.29) is 18.1 Å². The SMILES string of the molecule is Cc1ccccc1CCC(=O)N1CC2(C[C@H](CO)CN2C)C1. The number of aliphatic hydroxyl groups is 1. The predicted molar refractivity (Wildman–Crippen MR) is 86.6 cm³/mol. The van der Waals surface area contributed by atoms with Crippen LogP contribution in [0, 0.1) is 12.8 Å². The lowest BCUT2D eigenvalue weighted by Crippen LogP contribution is -2.68.